The molecule has 0 spiro atoms. The molecule has 0 atom stereocenters. The normalized spacial score (nSPS) is 20.4. The zero-order valence-electron chi connectivity index (χ0n) is 13.7. The molecular formula is C13H22N6O4S. The molecule has 2 aliphatic heterocycles. The number of sulfone groups is 1. The zero-order chi connectivity index (χ0) is 17.2. The molecular weight excluding hydrogens is 336 g/mol. The van der Waals surface area contributed by atoms with E-state index >= 15 is 0 Å². The number of tetrazole rings is 1. The van der Waals surface area contributed by atoms with Gasteiger partial charge in [0.25, 0.3) is 5.95 Å². The third kappa shape index (κ3) is 4.01. The van der Waals surface area contributed by atoms with E-state index in [2.05, 4.69) is 15.4 Å². The largest absolute Gasteiger partial charge is 0.378 e. The van der Waals surface area contributed by atoms with Gasteiger partial charge in [-0.2, -0.15) is 4.80 Å². The second-order valence-corrected chi connectivity index (χ2v) is 8.45. The van der Waals surface area contributed by atoms with Crippen molar-refractivity contribution >= 4 is 21.7 Å². The van der Waals surface area contributed by atoms with E-state index in [0.717, 1.165) is 0 Å². The van der Waals surface area contributed by atoms with Crippen LogP contribution in [0.3, 0.4) is 0 Å². The number of anilines is 1. The van der Waals surface area contributed by atoms with Gasteiger partial charge < -0.3 is 14.5 Å². The van der Waals surface area contributed by atoms with E-state index in [4.69, 9.17) is 4.74 Å². The van der Waals surface area contributed by atoms with Gasteiger partial charge in [-0.15, -0.1) is 5.10 Å². The number of carbonyl (C=O) groups is 1. The highest BCUT2D eigenvalue weighted by molar-refractivity contribution is 7.91. The monoisotopic (exact) mass is 358 g/mol. The molecule has 3 heterocycles. The topological polar surface area (TPSA) is 111 Å². The van der Waals surface area contributed by atoms with Crippen LogP contribution in [0.5, 0.6) is 0 Å². The Hall–Kier alpha value is -1.75. The minimum atomic E-state index is -3.04. The van der Waals surface area contributed by atoms with Crippen molar-refractivity contribution in [3.05, 3.63) is 0 Å². The number of likely N-dealkylation sites (tertiary alicyclic amines) is 1. The van der Waals surface area contributed by atoms with Gasteiger partial charge in [0, 0.05) is 32.4 Å². The lowest BCUT2D eigenvalue weighted by Gasteiger charge is -2.30. The number of hydrogen-bond acceptors (Lipinski definition) is 8. The van der Waals surface area contributed by atoms with Crippen molar-refractivity contribution in [1.82, 2.24) is 25.1 Å². The molecule has 0 aromatic carbocycles. The Morgan fingerprint density at radius 3 is 2.50 bits per heavy atom. The van der Waals surface area contributed by atoms with Crippen LogP contribution in [0.15, 0.2) is 0 Å². The highest BCUT2D eigenvalue weighted by atomic mass is 32.2. The van der Waals surface area contributed by atoms with Crippen LogP contribution in [-0.2, 0) is 25.9 Å². The van der Waals surface area contributed by atoms with Crippen LogP contribution >= 0.6 is 0 Å². The number of carbonyl (C=O) groups excluding carboxylic acids is 1. The van der Waals surface area contributed by atoms with Gasteiger partial charge in [-0.3, -0.25) is 4.79 Å². The van der Waals surface area contributed by atoms with Crippen LogP contribution < -0.4 is 4.90 Å². The second kappa shape index (κ2) is 7.01. The second-order valence-electron chi connectivity index (χ2n) is 6.13. The number of morpholine rings is 1. The van der Waals surface area contributed by atoms with Crippen LogP contribution in [0.4, 0.5) is 5.95 Å². The van der Waals surface area contributed by atoms with E-state index in [9.17, 15) is 13.2 Å². The molecule has 0 unspecified atom stereocenters. The Kier molecular flexibility index (Phi) is 4.99. The molecule has 3 rings (SSSR count). The van der Waals surface area contributed by atoms with E-state index in [1.165, 1.54) is 11.1 Å². The fourth-order valence-electron chi connectivity index (χ4n) is 2.95. The molecule has 10 nitrogen and oxygen atoms in total. The minimum absolute atomic E-state index is 0.0148. The maximum absolute atomic E-state index is 12.3. The maximum atomic E-state index is 12.3. The number of rotatable bonds is 4. The molecule has 0 bridgehead atoms. The van der Waals surface area contributed by atoms with Gasteiger partial charge in [0.15, 0.2) is 0 Å². The van der Waals surface area contributed by atoms with Gasteiger partial charge in [0.2, 0.25) is 5.91 Å². The SMILES string of the molecule is CS(=O)(=O)C1CCN(C(=O)Cn2nnc(N3CCOCC3)n2)CC1. The summed E-state index contributed by atoms with van der Waals surface area (Å²) in [6.45, 7) is 3.58. The summed E-state index contributed by atoms with van der Waals surface area (Å²) >= 11 is 0. The van der Waals surface area contributed by atoms with Crippen LogP contribution in [0.1, 0.15) is 12.8 Å². The Morgan fingerprint density at radius 1 is 1.21 bits per heavy atom. The Bertz CT molecular complexity index is 676. The summed E-state index contributed by atoms with van der Waals surface area (Å²) in [4.78, 5) is 17.2. The highest BCUT2D eigenvalue weighted by Gasteiger charge is 2.29. The lowest BCUT2D eigenvalue weighted by atomic mass is 10.1. The first-order valence-corrected chi connectivity index (χ1v) is 9.96. The number of nitrogens with zero attached hydrogens (tertiary/aromatic N) is 6. The van der Waals surface area contributed by atoms with Crippen molar-refractivity contribution in [2.75, 3.05) is 50.5 Å². The predicted octanol–water partition coefficient (Wildman–Crippen LogP) is -1.45. The van der Waals surface area contributed by atoms with Gasteiger partial charge >= 0.3 is 0 Å². The molecule has 1 amide bonds. The standard InChI is InChI=1S/C13H22N6O4S/c1-24(21,22)11-2-4-17(5-3-11)12(20)10-19-15-13(14-16-19)18-6-8-23-9-7-18/h11H,2-10H2,1H3. The fraction of sp³-hybridized carbons (Fsp3) is 0.846. The molecule has 11 heteroatoms. The summed E-state index contributed by atoms with van der Waals surface area (Å²) in [6, 6.07) is 0. The quantitative estimate of drug-likeness (QED) is 0.642. The number of aromatic nitrogens is 4. The molecule has 1 aromatic rings. The molecule has 0 N–H and O–H groups in total. The Balaban J connectivity index is 1.53. The molecule has 2 saturated heterocycles. The lowest BCUT2D eigenvalue weighted by Crippen LogP contribution is -2.43. The van der Waals surface area contributed by atoms with Crippen LogP contribution in [0.25, 0.3) is 0 Å². The van der Waals surface area contributed by atoms with Crippen LogP contribution in [-0.4, -0.2) is 90.3 Å². The summed E-state index contributed by atoms with van der Waals surface area (Å²) in [5.41, 5.74) is 0. The van der Waals surface area contributed by atoms with E-state index < -0.39 is 9.84 Å². The van der Waals surface area contributed by atoms with Crippen molar-refractivity contribution < 1.29 is 17.9 Å². The van der Waals surface area contributed by atoms with E-state index in [1.54, 1.807) is 4.90 Å². The van der Waals surface area contributed by atoms with E-state index in [0.29, 0.717) is 58.2 Å². The zero-order valence-corrected chi connectivity index (χ0v) is 14.5. The van der Waals surface area contributed by atoms with E-state index in [-0.39, 0.29) is 17.7 Å². The van der Waals surface area contributed by atoms with E-state index in [1.807, 2.05) is 4.90 Å². The van der Waals surface area contributed by atoms with Crippen molar-refractivity contribution in [1.29, 1.82) is 0 Å². The maximum Gasteiger partial charge on any atom is 0.266 e. The first-order valence-electron chi connectivity index (χ1n) is 8.00. The fourth-order valence-corrected chi connectivity index (χ4v) is 4.01. The molecule has 0 aliphatic carbocycles. The summed E-state index contributed by atoms with van der Waals surface area (Å²) < 4.78 is 28.4. The van der Waals surface area contributed by atoms with Crippen molar-refractivity contribution in [2.45, 2.75) is 24.6 Å². The summed E-state index contributed by atoms with van der Waals surface area (Å²) in [6.07, 6.45) is 2.21. The van der Waals surface area contributed by atoms with Gasteiger partial charge in [-0.05, 0) is 18.1 Å². The first kappa shape index (κ1) is 17.1. The van der Waals surface area contributed by atoms with Crippen molar-refractivity contribution in [2.24, 2.45) is 0 Å². The molecule has 134 valence electrons. The molecule has 0 saturated carbocycles. The van der Waals surface area contributed by atoms with Crippen LogP contribution in [0.2, 0.25) is 0 Å². The number of piperidine rings is 1. The predicted molar refractivity (Wildman–Crippen MR) is 85.3 cm³/mol. The van der Waals surface area contributed by atoms with Gasteiger partial charge in [-0.25, -0.2) is 8.42 Å². The lowest BCUT2D eigenvalue weighted by molar-refractivity contribution is -0.133. The molecule has 2 fully saturated rings. The number of amides is 1. The third-order valence-electron chi connectivity index (χ3n) is 4.41. The van der Waals surface area contributed by atoms with Crippen molar-refractivity contribution in [3.8, 4) is 0 Å². The summed E-state index contributed by atoms with van der Waals surface area (Å²) in [7, 11) is -3.04. The summed E-state index contributed by atoms with van der Waals surface area (Å²) in [5.74, 6) is 0.384. The van der Waals surface area contributed by atoms with Crippen LogP contribution in [0, 0.1) is 0 Å². The summed E-state index contributed by atoms with van der Waals surface area (Å²) in [5, 5.41) is 11.8. The Labute approximate surface area is 140 Å². The van der Waals surface area contributed by atoms with Gasteiger partial charge in [0.05, 0.1) is 18.5 Å². The van der Waals surface area contributed by atoms with Gasteiger partial charge in [0.1, 0.15) is 16.4 Å². The molecule has 1 aromatic heterocycles. The van der Waals surface area contributed by atoms with Crippen molar-refractivity contribution in [3.63, 3.8) is 0 Å². The average molecular weight is 358 g/mol. The van der Waals surface area contributed by atoms with Gasteiger partial charge in [-0.1, -0.05) is 5.10 Å². The third-order valence-corrected chi connectivity index (χ3v) is 6.10. The first-order chi connectivity index (χ1) is 11.4. The number of ether oxygens (including phenoxy) is 1. The average Bonchev–Trinajstić information content (AvgIpc) is 3.03. The smallest absolute Gasteiger partial charge is 0.266 e. The molecule has 0 radical (unpaired) electrons. The Morgan fingerprint density at radius 2 is 1.88 bits per heavy atom. The minimum Gasteiger partial charge on any atom is -0.378 e. The highest BCUT2D eigenvalue weighted by Crippen LogP contribution is 2.17. The number of hydrogen-bond donors (Lipinski definition) is 0. The molecule has 24 heavy (non-hydrogen) atoms. The molecule has 2 aliphatic rings.